The highest BCUT2D eigenvalue weighted by Crippen LogP contribution is 2.35. The van der Waals surface area contributed by atoms with E-state index in [9.17, 15) is 0 Å². The lowest BCUT2D eigenvalue weighted by Crippen LogP contribution is -2.14. The number of thiophene rings is 1. The Morgan fingerprint density at radius 3 is 2.85 bits per heavy atom. The fourth-order valence-electron chi connectivity index (χ4n) is 1.03. The van der Waals surface area contributed by atoms with Crippen molar-refractivity contribution < 1.29 is 4.74 Å². The fraction of sp³-hybridized carbons (Fsp3) is 0.556. The third kappa shape index (κ3) is 3.29. The molecule has 2 nitrogen and oxygen atoms in total. The van der Waals surface area contributed by atoms with Gasteiger partial charge < -0.3 is 10.5 Å². The Morgan fingerprint density at radius 1 is 1.69 bits per heavy atom. The maximum atomic E-state index is 5.68. The van der Waals surface area contributed by atoms with Crippen molar-refractivity contribution in [3.8, 4) is 5.06 Å². The van der Waals surface area contributed by atoms with Gasteiger partial charge in [-0.15, -0.1) is 11.3 Å². The molecule has 1 aromatic rings. The summed E-state index contributed by atoms with van der Waals surface area (Å²) in [4.78, 5) is 1.32. The average molecular weight is 264 g/mol. The lowest BCUT2D eigenvalue weighted by molar-refractivity contribution is 0.425. The smallest absolute Gasteiger partial charge is 0.188 e. The van der Waals surface area contributed by atoms with Crippen molar-refractivity contribution in [2.75, 3.05) is 7.11 Å². The van der Waals surface area contributed by atoms with Crippen LogP contribution < -0.4 is 10.5 Å². The number of hydrogen-bond donors (Lipinski definition) is 1. The molecule has 0 radical (unpaired) electrons. The van der Waals surface area contributed by atoms with Crippen molar-refractivity contribution in [3.05, 3.63) is 15.4 Å². The number of methoxy groups -OCH3 is 1. The van der Waals surface area contributed by atoms with Crippen LogP contribution in [-0.2, 0) is 6.42 Å². The Labute approximate surface area is 91.2 Å². The maximum Gasteiger partial charge on any atom is 0.188 e. The SMILES string of the molecule is COc1sc(CC[C@H](C)N)cc1Br. The van der Waals surface area contributed by atoms with E-state index in [1.807, 2.05) is 6.92 Å². The molecule has 0 aromatic carbocycles. The molecular weight excluding hydrogens is 250 g/mol. The van der Waals surface area contributed by atoms with E-state index in [0.29, 0.717) is 0 Å². The van der Waals surface area contributed by atoms with Gasteiger partial charge in [-0.25, -0.2) is 0 Å². The van der Waals surface area contributed by atoms with E-state index in [2.05, 4.69) is 22.0 Å². The predicted octanol–water partition coefficient (Wildman–Crippen LogP) is 2.80. The minimum Gasteiger partial charge on any atom is -0.486 e. The predicted molar refractivity (Wildman–Crippen MR) is 60.5 cm³/mol. The van der Waals surface area contributed by atoms with E-state index < -0.39 is 0 Å². The number of rotatable bonds is 4. The van der Waals surface area contributed by atoms with Crippen LogP contribution >= 0.6 is 27.3 Å². The number of hydrogen-bond acceptors (Lipinski definition) is 3. The molecule has 1 heterocycles. The van der Waals surface area contributed by atoms with Gasteiger partial charge in [0.05, 0.1) is 11.6 Å². The van der Waals surface area contributed by atoms with E-state index in [0.717, 1.165) is 22.4 Å². The van der Waals surface area contributed by atoms with Crippen LogP contribution in [0.5, 0.6) is 5.06 Å². The van der Waals surface area contributed by atoms with Crippen LogP contribution in [0.1, 0.15) is 18.2 Å². The van der Waals surface area contributed by atoms with Gasteiger partial charge in [-0.1, -0.05) is 0 Å². The monoisotopic (exact) mass is 263 g/mol. The molecule has 0 bridgehead atoms. The molecular formula is C9H14BrNOS. The van der Waals surface area contributed by atoms with Gasteiger partial charge in [0.25, 0.3) is 0 Å². The molecule has 74 valence electrons. The minimum atomic E-state index is 0.270. The molecule has 0 aliphatic heterocycles. The lowest BCUT2D eigenvalue weighted by atomic mass is 10.2. The van der Waals surface area contributed by atoms with E-state index >= 15 is 0 Å². The number of ether oxygens (including phenoxy) is 1. The summed E-state index contributed by atoms with van der Waals surface area (Å²) in [6.45, 7) is 2.03. The molecule has 13 heavy (non-hydrogen) atoms. The molecule has 0 unspecified atom stereocenters. The second-order valence-corrected chi connectivity index (χ2v) is 5.02. The summed E-state index contributed by atoms with van der Waals surface area (Å²) in [6.07, 6.45) is 2.06. The Kier molecular flexibility index (Phi) is 4.22. The topological polar surface area (TPSA) is 35.2 Å². The zero-order valence-corrected chi connectivity index (χ0v) is 10.2. The van der Waals surface area contributed by atoms with E-state index in [4.69, 9.17) is 10.5 Å². The Hall–Kier alpha value is -0.0600. The van der Waals surface area contributed by atoms with Crippen molar-refractivity contribution in [3.63, 3.8) is 0 Å². The first-order valence-corrected chi connectivity index (χ1v) is 5.82. The van der Waals surface area contributed by atoms with Crippen LogP contribution in [0, 0.1) is 0 Å². The highest BCUT2D eigenvalue weighted by atomic mass is 79.9. The maximum absolute atomic E-state index is 5.68. The highest BCUT2D eigenvalue weighted by molar-refractivity contribution is 9.10. The van der Waals surface area contributed by atoms with Crippen LogP contribution in [0.25, 0.3) is 0 Å². The molecule has 1 rings (SSSR count). The molecule has 1 atom stereocenters. The van der Waals surface area contributed by atoms with Gasteiger partial charge >= 0.3 is 0 Å². The van der Waals surface area contributed by atoms with E-state index in [1.54, 1.807) is 18.4 Å². The first-order chi connectivity index (χ1) is 6.13. The Balaban J connectivity index is 2.57. The zero-order chi connectivity index (χ0) is 9.84. The first-order valence-electron chi connectivity index (χ1n) is 4.21. The van der Waals surface area contributed by atoms with Gasteiger partial charge in [0, 0.05) is 10.9 Å². The number of halogens is 1. The van der Waals surface area contributed by atoms with Crippen molar-refractivity contribution in [2.45, 2.75) is 25.8 Å². The summed E-state index contributed by atoms with van der Waals surface area (Å²) in [5, 5.41) is 0.944. The van der Waals surface area contributed by atoms with Crippen LogP contribution in [-0.4, -0.2) is 13.2 Å². The third-order valence-electron chi connectivity index (χ3n) is 1.74. The standard InChI is InChI=1S/C9H14BrNOS/c1-6(11)3-4-7-5-8(10)9(12-2)13-7/h5-6H,3-4,11H2,1-2H3/t6-/m0/s1. The average Bonchev–Trinajstić information content (AvgIpc) is 2.43. The lowest BCUT2D eigenvalue weighted by Gasteiger charge is -2.01. The van der Waals surface area contributed by atoms with Gasteiger partial charge in [0.15, 0.2) is 5.06 Å². The molecule has 0 saturated carbocycles. The molecule has 0 spiro atoms. The van der Waals surface area contributed by atoms with Crippen LogP contribution in [0.4, 0.5) is 0 Å². The summed E-state index contributed by atoms with van der Waals surface area (Å²) in [5.41, 5.74) is 5.68. The summed E-state index contributed by atoms with van der Waals surface area (Å²) in [6, 6.07) is 2.37. The molecule has 2 N–H and O–H groups in total. The molecule has 0 saturated heterocycles. The van der Waals surface area contributed by atoms with E-state index in [-0.39, 0.29) is 6.04 Å². The van der Waals surface area contributed by atoms with Crippen molar-refractivity contribution >= 4 is 27.3 Å². The van der Waals surface area contributed by atoms with E-state index in [1.165, 1.54) is 4.88 Å². The normalized spacial score (nSPS) is 12.9. The number of aryl methyl sites for hydroxylation is 1. The summed E-state index contributed by atoms with van der Waals surface area (Å²) < 4.78 is 6.21. The molecule has 4 heteroatoms. The van der Waals surface area contributed by atoms with Gasteiger partial charge in [-0.3, -0.25) is 0 Å². The Morgan fingerprint density at radius 2 is 2.38 bits per heavy atom. The number of nitrogens with two attached hydrogens (primary N) is 1. The molecule has 1 aromatic heterocycles. The summed E-state index contributed by atoms with van der Waals surface area (Å²) in [5.74, 6) is 0. The highest BCUT2D eigenvalue weighted by Gasteiger charge is 2.07. The van der Waals surface area contributed by atoms with Crippen LogP contribution in [0.3, 0.4) is 0 Å². The zero-order valence-electron chi connectivity index (χ0n) is 7.84. The van der Waals surface area contributed by atoms with Crippen molar-refractivity contribution in [1.29, 1.82) is 0 Å². The summed E-state index contributed by atoms with van der Waals surface area (Å²) >= 11 is 5.12. The van der Waals surface area contributed by atoms with Crippen molar-refractivity contribution in [2.24, 2.45) is 5.73 Å². The molecule has 0 aliphatic rings. The Bertz CT molecular complexity index is 273. The second-order valence-electron chi connectivity index (χ2n) is 3.07. The van der Waals surface area contributed by atoms with Gasteiger partial charge in [0.2, 0.25) is 0 Å². The van der Waals surface area contributed by atoms with Gasteiger partial charge in [0.1, 0.15) is 0 Å². The molecule has 0 fully saturated rings. The van der Waals surface area contributed by atoms with Crippen LogP contribution in [0.15, 0.2) is 10.5 Å². The summed E-state index contributed by atoms with van der Waals surface area (Å²) in [7, 11) is 1.69. The van der Waals surface area contributed by atoms with Crippen molar-refractivity contribution in [1.82, 2.24) is 0 Å². The minimum absolute atomic E-state index is 0.270. The second kappa shape index (κ2) is 4.98. The van der Waals surface area contributed by atoms with Crippen LogP contribution in [0.2, 0.25) is 0 Å². The quantitative estimate of drug-likeness (QED) is 0.907. The van der Waals surface area contributed by atoms with Gasteiger partial charge in [-0.05, 0) is 41.8 Å². The first kappa shape index (κ1) is 11.0. The molecule has 0 amide bonds. The fourth-order valence-corrected chi connectivity index (χ4v) is 2.74. The largest absolute Gasteiger partial charge is 0.486 e. The molecule has 0 aliphatic carbocycles. The third-order valence-corrected chi connectivity index (χ3v) is 3.75. The van der Waals surface area contributed by atoms with Gasteiger partial charge in [-0.2, -0.15) is 0 Å².